The molecule has 0 saturated carbocycles. The van der Waals surface area contributed by atoms with E-state index in [2.05, 4.69) is 29.1 Å². The lowest BCUT2D eigenvalue weighted by Gasteiger charge is -2.33. The van der Waals surface area contributed by atoms with Crippen molar-refractivity contribution in [3.8, 4) is 0 Å². The van der Waals surface area contributed by atoms with E-state index in [1.807, 2.05) is 0 Å². The molecule has 0 bridgehead atoms. The largest absolute Gasteiger partial charge is 0.390 e. The fourth-order valence-electron chi connectivity index (χ4n) is 3.12. The van der Waals surface area contributed by atoms with Crippen LogP contribution in [0.2, 0.25) is 0 Å². The second-order valence-electron chi connectivity index (χ2n) is 6.62. The van der Waals surface area contributed by atoms with Gasteiger partial charge < -0.3 is 20.2 Å². The molecular formula is C15H31N3O. The van der Waals surface area contributed by atoms with E-state index < -0.39 is 0 Å². The van der Waals surface area contributed by atoms with Gasteiger partial charge in [0.15, 0.2) is 0 Å². The summed E-state index contributed by atoms with van der Waals surface area (Å²) in [6.07, 6.45) is 4.78. The normalized spacial score (nSPS) is 26.7. The fourth-order valence-corrected chi connectivity index (χ4v) is 3.12. The molecule has 4 nitrogen and oxygen atoms in total. The number of aliphatic hydroxyl groups excluding tert-OH is 1. The Labute approximate surface area is 118 Å². The minimum Gasteiger partial charge on any atom is -0.390 e. The molecule has 0 aromatic heterocycles. The van der Waals surface area contributed by atoms with Crippen LogP contribution in [0.25, 0.3) is 0 Å². The Morgan fingerprint density at radius 3 is 2.37 bits per heavy atom. The summed E-state index contributed by atoms with van der Waals surface area (Å²) in [4.78, 5) is 4.80. The molecule has 2 rings (SSSR count). The average molecular weight is 269 g/mol. The molecule has 19 heavy (non-hydrogen) atoms. The first-order valence-electron chi connectivity index (χ1n) is 7.96. The Balaban J connectivity index is 1.58. The van der Waals surface area contributed by atoms with E-state index in [9.17, 15) is 5.11 Å². The summed E-state index contributed by atoms with van der Waals surface area (Å²) < 4.78 is 0. The number of hydrogen-bond donors (Lipinski definition) is 2. The number of aliphatic hydroxyl groups is 1. The molecule has 2 aliphatic heterocycles. The zero-order valence-electron chi connectivity index (χ0n) is 12.6. The monoisotopic (exact) mass is 269 g/mol. The Hall–Kier alpha value is -0.160. The molecule has 2 heterocycles. The van der Waals surface area contributed by atoms with Gasteiger partial charge in [0.05, 0.1) is 6.10 Å². The lowest BCUT2D eigenvalue weighted by atomic mass is 9.99. The van der Waals surface area contributed by atoms with Crippen molar-refractivity contribution in [1.82, 2.24) is 15.1 Å². The van der Waals surface area contributed by atoms with Crippen LogP contribution in [-0.4, -0.2) is 73.4 Å². The summed E-state index contributed by atoms with van der Waals surface area (Å²) in [6.45, 7) is 8.59. The van der Waals surface area contributed by atoms with Crippen LogP contribution in [0.3, 0.4) is 0 Å². The second kappa shape index (κ2) is 7.58. The molecule has 0 aromatic rings. The highest BCUT2D eigenvalue weighted by molar-refractivity contribution is 4.78. The minimum atomic E-state index is -0.215. The molecular weight excluding hydrogens is 238 g/mol. The highest BCUT2D eigenvalue weighted by Crippen LogP contribution is 2.16. The maximum Gasteiger partial charge on any atom is 0.0791 e. The van der Waals surface area contributed by atoms with E-state index in [0.29, 0.717) is 6.04 Å². The second-order valence-corrected chi connectivity index (χ2v) is 6.62. The van der Waals surface area contributed by atoms with E-state index >= 15 is 0 Å². The number of β-amino-alcohol motifs (C(OH)–C–C–N with tert-alkyl or cyclic N) is 1. The number of hydrogen-bond acceptors (Lipinski definition) is 4. The van der Waals surface area contributed by atoms with Gasteiger partial charge in [-0.15, -0.1) is 0 Å². The van der Waals surface area contributed by atoms with Gasteiger partial charge in [0.25, 0.3) is 0 Å². The molecule has 4 heteroatoms. The van der Waals surface area contributed by atoms with E-state index in [4.69, 9.17) is 0 Å². The van der Waals surface area contributed by atoms with Crippen molar-refractivity contribution in [2.24, 2.45) is 5.92 Å². The van der Waals surface area contributed by atoms with Crippen LogP contribution in [0.15, 0.2) is 0 Å². The summed E-state index contributed by atoms with van der Waals surface area (Å²) in [5.74, 6) is 0.866. The van der Waals surface area contributed by atoms with Crippen molar-refractivity contribution in [2.45, 2.75) is 44.8 Å². The van der Waals surface area contributed by atoms with Crippen molar-refractivity contribution in [1.29, 1.82) is 0 Å². The Bertz CT molecular complexity index is 246. The highest BCUT2D eigenvalue weighted by atomic mass is 16.3. The molecule has 112 valence electrons. The smallest absolute Gasteiger partial charge is 0.0791 e. The van der Waals surface area contributed by atoms with E-state index in [-0.39, 0.29) is 6.10 Å². The molecule has 0 aromatic carbocycles. The van der Waals surface area contributed by atoms with Crippen LogP contribution in [0.1, 0.15) is 32.6 Å². The van der Waals surface area contributed by atoms with Gasteiger partial charge in [-0.05, 0) is 64.8 Å². The molecule has 1 unspecified atom stereocenters. The first-order chi connectivity index (χ1) is 9.13. The highest BCUT2D eigenvalue weighted by Gasteiger charge is 2.20. The van der Waals surface area contributed by atoms with E-state index in [0.717, 1.165) is 32.1 Å². The van der Waals surface area contributed by atoms with Gasteiger partial charge in [-0.3, -0.25) is 0 Å². The first kappa shape index (κ1) is 15.2. The molecule has 0 radical (unpaired) electrons. The summed E-state index contributed by atoms with van der Waals surface area (Å²) in [5.41, 5.74) is 0. The molecule has 2 fully saturated rings. The van der Waals surface area contributed by atoms with E-state index in [1.54, 1.807) is 0 Å². The number of nitrogens with one attached hydrogen (secondary N) is 1. The molecule has 0 aliphatic carbocycles. The molecule has 2 N–H and O–H groups in total. The van der Waals surface area contributed by atoms with E-state index in [1.165, 1.54) is 38.8 Å². The molecule has 0 amide bonds. The predicted molar refractivity (Wildman–Crippen MR) is 79.4 cm³/mol. The average Bonchev–Trinajstić information content (AvgIpc) is 2.41. The summed E-state index contributed by atoms with van der Waals surface area (Å²) >= 11 is 0. The van der Waals surface area contributed by atoms with Gasteiger partial charge in [0, 0.05) is 19.1 Å². The third-order valence-corrected chi connectivity index (χ3v) is 4.71. The fraction of sp³-hybridized carbons (Fsp3) is 1.00. The van der Waals surface area contributed by atoms with Crippen molar-refractivity contribution in [3.05, 3.63) is 0 Å². The standard InChI is InChI=1S/C15H31N3O/c1-13-3-9-18(10-4-13)12-15(19)11-16-14-5-7-17(2)8-6-14/h13-16,19H,3-12H2,1-2H3. The molecule has 0 spiro atoms. The van der Waals surface area contributed by atoms with Crippen LogP contribution in [-0.2, 0) is 0 Å². The number of rotatable bonds is 5. The predicted octanol–water partition coefficient (Wildman–Crippen LogP) is 0.763. The maximum atomic E-state index is 10.1. The third-order valence-electron chi connectivity index (χ3n) is 4.71. The Morgan fingerprint density at radius 1 is 1.11 bits per heavy atom. The molecule has 2 aliphatic rings. The van der Waals surface area contributed by atoms with Crippen molar-refractivity contribution >= 4 is 0 Å². The third kappa shape index (κ3) is 5.38. The van der Waals surface area contributed by atoms with Gasteiger partial charge in [-0.2, -0.15) is 0 Å². The Kier molecular flexibility index (Phi) is 6.07. The zero-order valence-corrected chi connectivity index (χ0v) is 12.6. The number of likely N-dealkylation sites (tertiary alicyclic amines) is 2. The maximum absolute atomic E-state index is 10.1. The minimum absolute atomic E-state index is 0.215. The zero-order chi connectivity index (χ0) is 13.7. The summed E-state index contributed by atoms with van der Waals surface area (Å²) in [5, 5.41) is 13.7. The van der Waals surface area contributed by atoms with Crippen molar-refractivity contribution in [3.63, 3.8) is 0 Å². The van der Waals surface area contributed by atoms with Crippen LogP contribution in [0.4, 0.5) is 0 Å². The first-order valence-corrected chi connectivity index (χ1v) is 7.96. The lowest BCUT2D eigenvalue weighted by molar-refractivity contribution is 0.0863. The Morgan fingerprint density at radius 2 is 1.74 bits per heavy atom. The lowest BCUT2D eigenvalue weighted by Crippen LogP contribution is -2.46. The summed E-state index contributed by atoms with van der Waals surface area (Å²) in [7, 11) is 2.18. The van der Waals surface area contributed by atoms with Gasteiger partial charge in [-0.1, -0.05) is 6.92 Å². The van der Waals surface area contributed by atoms with Crippen LogP contribution in [0.5, 0.6) is 0 Å². The summed E-state index contributed by atoms with van der Waals surface area (Å²) in [6, 6.07) is 0.604. The number of nitrogens with zero attached hydrogens (tertiary/aromatic N) is 2. The van der Waals surface area contributed by atoms with Gasteiger partial charge in [0.1, 0.15) is 0 Å². The van der Waals surface area contributed by atoms with Gasteiger partial charge in [0.2, 0.25) is 0 Å². The SMILES string of the molecule is CC1CCN(CC(O)CNC2CCN(C)CC2)CC1. The van der Waals surface area contributed by atoms with Gasteiger partial charge in [-0.25, -0.2) is 0 Å². The van der Waals surface area contributed by atoms with Crippen LogP contribution in [0, 0.1) is 5.92 Å². The quantitative estimate of drug-likeness (QED) is 0.773. The molecule has 1 atom stereocenters. The van der Waals surface area contributed by atoms with Crippen LogP contribution >= 0.6 is 0 Å². The van der Waals surface area contributed by atoms with Crippen molar-refractivity contribution < 1.29 is 5.11 Å². The number of piperidine rings is 2. The molecule has 2 saturated heterocycles. The van der Waals surface area contributed by atoms with Crippen LogP contribution < -0.4 is 5.32 Å². The van der Waals surface area contributed by atoms with Gasteiger partial charge >= 0.3 is 0 Å². The topological polar surface area (TPSA) is 38.7 Å². The van der Waals surface area contributed by atoms with Crippen molar-refractivity contribution in [2.75, 3.05) is 46.3 Å².